The van der Waals surface area contributed by atoms with E-state index in [1.54, 1.807) is 0 Å². The van der Waals surface area contributed by atoms with Gasteiger partial charge in [0, 0.05) is 25.4 Å². The molecule has 0 saturated carbocycles. The minimum Gasteiger partial charge on any atom is -0.322 e. The molecule has 1 aliphatic rings. The molecule has 0 aromatic heterocycles. The van der Waals surface area contributed by atoms with Gasteiger partial charge in [-0.1, -0.05) is 18.2 Å². The molecule has 0 radical (unpaired) electrons. The van der Waals surface area contributed by atoms with Crippen molar-refractivity contribution >= 4 is 11.8 Å². The number of rotatable bonds is 3. The largest absolute Gasteiger partial charge is 0.416 e. The highest BCUT2D eigenvalue weighted by molar-refractivity contribution is 6.01. The van der Waals surface area contributed by atoms with Crippen LogP contribution in [-0.2, 0) is 15.8 Å². The van der Waals surface area contributed by atoms with Crippen LogP contribution in [0.4, 0.5) is 13.2 Å². The van der Waals surface area contributed by atoms with E-state index in [1.807, 2.05) is 0 Å². The van der Waals surface area contributed by atoms with Gasteiger partial charge in [-0.15, -0.1) is 0 Å². The van der Waals surface area contributed by atoms with Gasteiger partial charge in [0.25, 0.3) is 0 Å². The summed E-state index contributed by atoms with van der Waals surface area (Å²) in [5.74, 6) is -0.787. The molecule has 7 heteroatoms. The van der Waals surface area contributed by atoms with Crippen LogP contribution in [0.1, 0.15) is 30.0 Å². The van der Waals surface area contributed by atoms with Crippen molar-refractivity contribution in [3.8, 4) is 0 Å². The second kappa shape index (κ2) is 5.24. The zero-order valence-electron chi connectivity index (χ0n) is 10.5. The molecular weight excluding hydrogens is 273 g/mol. The summed E-state index contributed by atoms with van der Waals surface area (Å²) in [4.78, 5) is 23.8. The maximum absolute atomic E-state index is 12.9. The van der Waals surface area contributed by atoms with Gasteiger partial charge in [-0.2, -0.15) is 13.2 Å². The Morgan fingerprint density at radius 3 is 2.25 bits per heavy atom. The maximum atomic E-state index is 12.9. The number of likely N-dealkylation sites (tertiary alicyclic amines) is 1. The SMILES string of the molecule is NC(CN1C(=O)CCC1=O)c1ccccc1C(F)(F)F. The molecule has 1 aromatic carbocycles. The summed E-state index contributed by atoms with van der Waals surface area (Å²) in [6.45, 7) is -0.231. The zero-order chi connectivity index (χ0) is 14.9. The number of imide groups is 1. The van der Waals surface area contributed by atoms with E-state index in [9.17, 15) is 22.8 Å². The number of hydrogen-bond donors (Lipinski definition) is 1. The molecule has 0 aliphatic carbocycles. The average Bonchev–Trinajstić information content (AvgIpc) is 2.69. The smallest absolute Gasteiger partial charge is 0.322 e. The third-order valence-electron chi connectivity index (χ3n) is 3.20. The summed E-state index contributed by atoms with van der Waals surface area (Å²) in [6.07, 6.45) is -4.34. The van der Waals surface area contributed by atoms with E-state index in [0.717, 1.165) is 11.0 Å². The Kier molecular flexibility index (Phi) is 3.80. The van der Waals surface area contributed by atoms with Gasteiger partial charge in [0.1, 0.15) is 0 Å². The van der Waals surface area contributed by atoms with E-state index >= 15 is 0 Å². The number of alkyl halides is 3. The van der Waals surface area contributed by atoms with Crippen LogP contribution < -0.4 is 5.73 Å². The molecule has 108 valence electrons. The molecule has 0 bridgehead atoms. The summed E-state index contributed by atoms with van der Waals surface area (Å²) in [5.41, 5.74) is 4.79. The lowest BCUT2D eigenvalue weighted by molar-refractivity contribution is -0.138. The molecule has 1 atom stereocenters. The number of halogens is 3. The average molecular weight is 286 g/mol. The second-order valence-corrected chi connectivity index (χ2v) is 4.59. The number of benzene rings is 1. The van der Waals surface area contributed by atoms with Crippen LogP contribution in [0.25, 0.3) is 0 Å². The molecule has 2 rings (SSSR count). The van der Waals surface area contributed by atoms with Gasteiger partial charge < -0.3 is 5.73 Å². The number of nitrogens with two attached hydrogens (primary N) is 1. The standard InChI is InChI=1S/C13H13F3N2O2/c14-13(15,16)9-4-2-1-3-8(9)10(17)7-18-11(19)5-6-12(18)20/h1-4,10H,5-7,17H2. The fourth-order valence-electron chi connectivity index (χ4n) is 2.20. The summed E-state index contributed by atoms with van der Waals surface area (Å²) in [5, 5.41) is 0. The van der Waals surface area contributed by atoms with Crippen LogP contribution in [-0.4, -0.2) is 23.3 Å². The highest BCUT2D eigenvalue weighted by Gasteiger charge is 2.36. The number of carbonyl (C=O) groups excluding carboxylic acids is 2. The molecule has 1 aromatic rings. The first kappa shape index (κ1) is 14.5. The Balaban J connectivity index is 2.24. The molecule has 1 saturated heterocycles. The summed E-state index contributed by atoms with van der Waals surface area (Å²) >= 11 is 0. The van der Waals surface area contributed by atoms with Crippen LogP contribution in [0.15, 0.2) is 24.3 Å². The number of hydrogen-bond acceptors (Lipinski definition) is 3. The predicted molar refractivity (Wildman–Crippen MR) is 64.3 cm³/mol. The third kappa shape index (κ3) is 2.82. The van der Waals surface area contributed by atoms with E-state index in [4.69, 9.17) is 5.73 Å². The van der Waals surface area contributed by atoms with Crippen LogP contribution in [0.5, 0.6) is 0 Å². The minimum absolute atomic E-state index is 0.0898. The molecule has 1 heterocycles. The van der Waals surface area contributed by atoms with E-state index in [2.05, 4.69) is 0 Å². The lowest BCUT2D eigenvalue weighted by Crippen LogP contribution is -2.36. The topological polar surface area (TPSA) is 63.4 Å². The van der Waals surface area contributed by atoms with Crippen molar-refractivity contribution < 1.29 is 22.8 Å². The highest BCUT2D eigenvalue weighted by atomic mass is 19.4. The van der Waals surface area contributed by atoms with Crippen molar-refractivity contribution in [2.45, 2.75) is 25.1 Å². The van der Waals surface area contributed by atoms with Gasteiger partial charge in [0.05, 0.1) is 5.56 Å². The molecule has 2 amide bonds. The Bertz CT molecular complexity index is 527. The Morgan fingerprint density at radius 2 is 1.70 bits per heavy atom. The van der Waals surface area contributed by atoms with Crippen LogP contribution in [0.2, 0.25) is 0 Å². The summed E-state index contributed by atoms with van der Waals surface area (Å²) in [6, 6.07) is 3.85. The van der Waals surface area contributed by atoms with Crippen molar-refractivity contribution in [2.75, 3.05) is 6.54 Å². The molecule has 2 N–H and O–H groups in total. The molecular formula is C13H13F3N2O2. The van der Waals surface area contributed by atoms with Gasteiger partial charge in [-0.3, -0.25) is 14.5 Å². The van der Waals surface area contributed by atoms with E-state index < -0.39 is 29.6 Å². The summed E-state index contributed by atoms with van der Waals surface area (Å²) < 4.78 is 38.6. The normalized spacial score (nSPS) is 17.7. The van der Waals surface area contributed by atoms with E-state index in [0.29, 0.717) is 0 Å². The van der Waals surface area contributed by atoms with Gasteiger partial charge in [-0.25, -0.2) is 0 Å². The van der Waals surface area contributed by atoms with Crippen LogP contribution >= 0.6 is 0 Å². The fraction of sp³-hybridized carbons (Fsp3) is 0.385. The Hall–Kier alpha value is -1.89. The Labute approximate surface area is 113 Å². The minimum atomic E-state index is -4.52. The molecule has 1 fully saturated rings. The van der Waals surface area contributed by atoms with Gasteiger partial charge >= 0.3 is 6.18 Å². The number of carbonyl (C=O) groups is 2. The number of amides is 2. The highest BCUT2D eigenvalue weighted by Crippen LogP contribution is 2.34. The van der Waals surface area contributed by atoms with Crippen molar-refractivity contribution in [1.82, 2.24) is 4.90 Å². The van der Waals surface area contributed by atoms with E-state index in [1.165, 1.54) is 18.2 Å². The monoisotopic (exact) mass is 286 g/mol. The first-order valence-corrected chi connectivity index (χ1v) is 6.05. The van der Waals surface area contributed by atoms with Crippen molar-refractivity contribution in [3.05, 3.63) is 35.4 Å². The van der Waals surface area contributed by atoms with Crippen LogP contribution in [0, 0.1) is 0 Å². The van der Waals surface area contributed by atoms with E-state index in [-0.39, 0.29) is 24.9 Å². The van der Waals surface area contributed by atoms with Gasteiger partial charge in [0.2, 0.25) is 11.8 Å². The molecule has 20 heavy (non-hydrogen) atoms. The summed E-state index contributed by atoms with van der Waals surface area (Å²) in [7, 11) is 0. The maximum Gasteiger partial charge on any atom is 0.416 e. The first-order chi connectivity index (χ1) is 9.30. The lowest BCUT2D eigenvalue weighted by atomic mass is 10.00. The van der Waals surface area contributed by atoms with Gasteiger partial charge in [-0.05, 0) is 11.6 Å². The molecule has 0 spiro atoms. The quantitative estimate of drug-likeness (QED) is 0.863. The lowest BCUT2D eigenvalue weighted by Gasteiger charge is -2.22. The van der Waals surface area contributed by atoms with Crippen molar-refractivity contribution in [1.29, 1.82) is 0 Å². The number of nitrogens with zero attached hydrogens (tertiary/aromatic N) is 1. The molecule has 4 nitrogen and oxygen atoms in total. The van der Waals surface area contributed by atoms with Crippen molar-refractivity contribution in [3.63, 3.8) is 0 Å². The second-order valence-electron chi connectivity index (χ2n) is 4.59. The van der Waals surface area contributed by atoms with Crippen LogP contribution in [0.3, 0.4) is 0 Å². The van der Waals surface area contributed by atoms with Gasteiger partial charge in [0.15, 0.2) is 0 Å². The fourth-order valence-corrected chi connectivity index (χ4v) is 2.20. The molecule has 1 unspecified atom stereocenters. The first-order valence-electron chi connectivity index (χ1n) is 6.05. The zero-order valence-corrected chi connectivity index (χ0v) is 10.5. The Morgan fingerprint density at radius 1 is 1.15 bits per heavy atom. The van der Waals surface area contributed by atoms with Crippen molar-refractivity contribution in [2.24, 2.45) is 5.73 Å². The third-order valence-corrected chi connectivity index (χ3v) is 3.20. The molecule has 1 aliphatic heterocycles. The predicted octanol–water partition coefficient (Wildman–Crippen LogP) is 1.85.